The number of aliphatic hydroxyl groups is 2. The molecular weight excluding hydrogens is 723 g/mol. The summed E-state index contributed by atoms with van der Waals surface area (Å²) >= 11 is 0. The summed E-state index contributed by atoms with van der Waals surface area (Å²) in [5.74, 6) is -0.107. The maximum atomic E-state index is 12.4. The summed E-state index contributed by atoms with van der Waals surface area (Å²) in [6, 6.07) is -0.652. The van der Waals surface area contributed by atoms with Gasteiger partial charge in [0.2, 0.25) is 5.91 Å². The number of amides is 1. The fourth-order valence-electron chi connectivity index (χ4n) is 7.30. The molecule has 0 heterocycles. The molecule has 0 aromatic rings. The smallest absolute Gasteiger partial charge is 0.220 e. The number of aliphatic hydroxyl groups excluding tert-OH is 2. The number of carbonyl (C=O) groups is 1. The fourth-order valence-corrected chi connectivity index (χ4v) is 7.30. The summed E-state index contributed by atoms with van der Waals surface area (Å²) in [6.07, 6.45) is 72.9. The van der Waals surface area contributed by atoms with Crippen molar-refractivity contribution in [1.82, 2.24) is 5.32 Å². The number of unbranched alkanes of at least 4 members (excludes halogenated alkanes) is 26. The number of carbonyl (C=O) groups excluding carboxylic acids is 1. The van der Waals surface area contributed by atoms with E-state index in [1.54, 1.807) is 6.08 Å². The van der Waals surface area contributed by atoms with Crippen molar-refractivity contribution < 1.29 is 15.0 Å². The molecule has 0 aromatic carbocycles. The van der Waals surface area contributed by atoms with Crippen LogP contribution < -0.4 is 5.32 Å². The van der Waals surface area contributed by atoms with Crippen LogP contribution in [0.15, 0.2) is 85.1 Å². The molecule has 2 atom stereocenters. The molecule has 0 spiro atoms. The molecule has 0 bridgehead atoms. The van der Waals surface area contributed by atoms with Crippen molar-refractivity contribution in [3.8, 4) is 0 Å². The molecule has 0 aromatic heterocycles. The topological polar surface area (TPSA) is 69.6 Å². The Morgan fingerprint density at radius 2 is 0.746 bits per heavy atom. The predicted octanol–water partition coefficient (Wildman–Crippen LogP) is 16.4. The Morgan fingerprint density at radius 3 is 1.12 bits per heavy atom. The van der Waals surface area contributed by atoms with Gasteiger partial charge in [0.1, 0.15) is 0 Å². The average molecular weight is 820 g/mol. The third kappa shape index (κ3) is 46.5. The summed E-state index contributed by atoms with van der Waals surface area (Å²) in [7, 11) is 0. The highest BCUT2D eigenvalue weighted by Gasteiger charge is 2.17. The van der Waals surface area contributed by atoms with Crippen molar-refractivity contribution in [3.05, 3.63) is 85.1 Å². The number of hydrogen-bond donors (Lipinski definition) is 3. The van der Waals surface area contributed by atoms with E-state index in [2.05, 4.69) is 92.1 Å². The molecular formula is C55H97NO3. The van der Waals surface area contributed by atoms with Crippen molar-refractivity contribution in [2.75, 3.05) is 6.61 Å². The first-order valence-corrected chi connectivity index (χ1v) is 25.3. The number of hydrogen-bond acceptors (Lipinski definition) is 3. The Bertz CT molecular complexity index is 1070. The molecule has 340 valence electrons. The molecule has 2 unspecified atom stereocenters. The summed E-state index contributed by atoms with van der Waals surface area (Å²) in [5, 5.41) is 23.1. The van der Waals surface area contributed by atoms with Gasteiger partial charge in [0.15, 0.2) is 0 Å². The maximum absolute atomic E-state index is 12.4. The molecule has 4 nitrogen and oxygen atoms in total. The van der Waals surface area contributed by atoms with Crippen molar-refractivity contribution in [3.63, 3.8) is 0 Å². The van der Waals surface area contributed by atoms with Crippen LogP contribution in [0.2, 0.25) is 0 Å². The summed E-state index contributed by atoms with van der Waals surface area (Å²) in [6.45, 7) is 4.18. The van der Waals surface area contributed by atoms with Crippen LogP contribution in [0.3, 0.4) is 0 Å². The maximum Gasteiger partial charge on any atom is 0.220 e. The standard InChI is InChI=1S/C55H97NO3/c1-3-5-7-9-11-13-15-17-19-21-23-25-26-27-28-29-31-32-34-36-38-40-42-44-46-48-50-54(58)53(52-57)56-55(59)51-49-47-45-43-41-39-37-35-33-30-24-22-20-18-16-14-12-10-8-6-4-2/h6,8,12,14,18,20,24,30,35,37,41,43,48,50,53-54,57-58H,3-5,7,9-11,13,15-17,19,21-23,25-29,31-34,36,38-40,42,44-47,49,51-52H2,1-2H3,(H,56,59)/b8-6-,14-12-,20-18-,30-24-,37-35-,43-41-,50-48+. The lowest BCUT2D eigenvalue weighted by Crippen LogP contribution is -2.45. The Labute approximate surface area is 367 Å². The van der Waals surface area contributed by atoms with Crippen LogP contribution in [0, 0.1) is 0 Å². The molecule has 59 heavy (non-hydrogen) atoms. The van der Waals surface area contributed by atoms with E-state index in [1.807, 2.05) is 6.08 Å². The molecule has 4 heteroatoms. The lowest BCUT2D eigenvalue weighted by atomic mass is 10.0. The van der Waals surface area contributed by atoms with E-state index in [9.17, 15) is 15.0 Å². The molecule has 0 radical (unpaired) electrons. The molecule has 0 aliphatic carbocycles. The lowest BCUT2D eigenvalue weighted by Gasteiger charge is -2.19. The number of allylic oxidation sites excluding steroid dienone is 13. The van der Waals surface area contributed by atoms with Gasteiger partial charge < -0.3 is 15.5 Å². The Hall–Kier alpha value is -2.43. The van der Waals surface area contributed by atoms with Crippen LogP contribution in [0.5, 0.6) is 0 Å². The van der Waals surface area contributed by atoms with E-state index in [-0.39, 0.29) is 12.5 Å². The van der Waals surface area contributed by atoms with Crippen LogP contribution >= 0.6 is 0 Å². The van der Waals surface area contributed by atoms with E-state index in [0.29, 0.717) is 6.42 Å². The molecule has 0 saturated carbocycles. The first kappa shape index (κ1) is 56.6. The highest BCUT2D eigenvalue weighted by molar-refractivity contribution is 5.76. The van der Waals surface area contributed by atoms with E-state index in [1.165, 1.54) is 148 Å². The van der Waals surface area contributed by atoms with Crippen molar-refractivity contribution in [2.45, 2.75) is 251 Å². The van der Waals surface area contributed by atoms with E-state index in [4.69, 9.17) is 0 Å². The Kier molecular flexibility index (Phi) is 47.9. The van der Waals surface area contributed by atoms with Gasteiger partial charge in [0.25, 0.3) is 0 Å². The molecule has 0 fully saturated rings. The van der Waals surface area contributed by atoms with Crippen LogP contribution in [0.4, 0.5) is 0 Å². The van der Waals surface area contributed by atoms with Crippen LogP contribution in [-0.4, -0.2) is 34.9 Å². The molecule has 0 rings (SSSR count). The molecule has 0 saturated heterocycles. The summed E-state index contributed by atoms with van der Waals surface area (Å²) < 4.78 is 0. The third-order valence-corrected chi connectivity index (χ3v) is 11.1. The Morgan fingerprint density at radius 1 is 0.424 bits per heavy atom. The fraction of sp³-hybridized carbons (Fsp3) is 0.727. The summed E-state index contributed by atoms with van der Waals surface area (Å²) in [4.78, 5) is 12.4. The highest BCUT2D eigenvalue weighted by atomic mass is 16.3. The van der Waals surface area contributed by atoms with Gasteiger partial charge in [0, 0.05) is 6.42 Å². The van der Waals surface area contributed by atoms with Crippen molar-refractivity contribution >= 4 is 5.91 Å². The van der Waals surface area contributed by atoms with Crippen LogP contribution in [0.25, 0.3) is 0 Å². The molecule has 0 aliphatic rings. The quantitative estimate of drug-likeness (QED) is 0.0423. The minimum absolute atomic E-state index is 0.107. The van der Waals surface area contributed by atoms with Crippen molar-refractivity contribution in [1.29, 1.82) is 0 Å². The van der Waals surface area contributed by atoms with Crippen molar-refractivity contribution in [2.24, 2.45) is 0 Å². The zero-order valence-corrected chi connectivity index (χ0v) is 39.0. The third-order valence-electron chi connectivity index (χ3n) is 11.1. The highest BCUT2D eigenvalue weighted by Crippen LogP contribution is 2.16. The monoisotopic (exact) mass is 820 g/mol. The van der Waals surface area contributed by atoms with Gasteiger partial charge in [0.05, 0.1) is 18.8 Å². The minimum Gasteiger partial charge on any atom is -0.394 e. The zero-order valence-electron chi connectivity index (χ0n) is 39.0. The largest absolute Gasteiger partial charge is 0.394 e. The van der Waals surface area contributed by atoms with Gasteiger partial charge in [-0.05, 0) is 70.6 Å². The zero-order chi connectivity index (χ0) is 42.8. The summed E-state index contributed by atoms with van der Waals surface area (Å²) in [5.41, 5.74) is 0. The SMILES string of the molecule is CC/C=C\C/C=C\C/C=C\C/C=C\C/C=C\C/C=C\CCCCC(=O)NC(CO)C(O)/C=C/CCCCCCCCCCCCCCCCCCCCCCCCCC. The number of rotatable bonds is 45. The second-order valence-corrected chi connectivity index (χ2v) is 16.9. The first-order valence-electron chi connectivity index (χ1n) is 25.3. The first-order chi connectivity index (χ1) is 29.2. The number of nitrogens with one attached hydrogen (secondary N) is 1. The van der Waals surface area contributed by atoms with Gasteiger partial charge in [-0.1, -0.05) is 247 Å². The molecule has 0 aliphatic heterocycles. The van der Waals surface area contributed by atoms with Crippen LogP contribution in [0.1, 0.15) is 239 Å². The lowest BCUT2D eigenvalue weighted by molar-refractivity contribution is -0.123. The molecule has 1 amide bonds. The van der Waals surface area contributed by atoms with Gasteiger partial charge >= 0.3 is 0 Å². The second-order valence-electron chi connectivity index (χ2n) is 16.9. The van der Waals surface area contributed by atoms with Gasteiger partial charge in [-0.3, -0.25) is 4.79 Å². The normalized spacial score (nSPS) is 13.6. The van der Waals surface area contributed by atoms with Gasteiger partial charge in [-0.2, -0.15) is 0 Å². The molecule has 3 N–H and O–H groups in total. The van der Waals surface area contributed by atoms with E-state index >= 15 is 0 Å². The minimum atomic E-state index is -0.864. The van der Waals surface area contributed by atoms with Crippen LogP contribution in [-0.2, 0) is 4.79 Å². The predicted molar refractivity (Wildman–Crippen MR) is 262 cm³/mol. The Balaban J connectivity index is 3.62. The van der Waals surface area contributed by atoms with E-state index < -0.39 is 12.1 Å². The average Bonchev–Trinajstić information content (AvgIpc) is 3.24. The second kappa shape index (κ2) is 49.9. The van der Waals surface area contributed by atoms with Gasteiger partial charge in [-0.25, -0.2) is 0 Å². The van der Waals surface area contributed by atoms with E-state index in [0.717, 1.165) is 70.6 Å². The van der Waals surface area contributed by atoms with Gasteiger partial charge in [-0.15, -0.1) is 0 Å².